The number of sulfone groups is 1. The molecule has 0 fully saturated rings. The summed E-state index contributed by atoms with van der Waals surface area (Å²) in [4.78, 5) is 12.0. The minimum atomic E-state index is -3.31. The van der Waals surface area contributed by atoms with Crippen molar-refractivity contribution >= 4 is 37.4 Å². The number of carbonyl (C=O) groups is 1. The summed E-state index contributed by atoms with van der Waals surface area (Å²) >= 11 is 3.31. The summed E-state index contributed by atoms with van der Waals surface area (Å²) in [5.74, 6) is 0.194. The molecule has 0 atom stereocenters. The van der Waals surface area contributed by atoms with Crippen molar-refractivity contribution in [1.82, 2.24) is 0 Å². The normalized spacial score (nSPS) is 11.0. The summed E-state index contributed by atoms with van der Waals surface area (Å²) in [5.41, 5.74) is 0.408. The van der Waals surface area contributed by atoms with Crippen LogP contribution in [-0.2, 0) is 14.6 Å². The van der Waals surface area contributed by atoms with E-state index in [-0.39, 0.29) is 17.4 Å². The van der Waals surface area contributed by atoms with Gasteiger partial charge in [-0.05, 0) is 36.4 Å². The predicted octanol–water partition coefficient (Wildman–Crippen LogP) is 2.87. The third-order valence-corrected chi connectivity index (χ3v) is 4.32. The molecule has 0 aliphatic carbocycles. The van der Waals surface area contributed by atoms with Gasteiger partial charge in [-0.3, -0.25) is 4.79 Å². The van der Waals surface area contributed by atoms with E-state index in [1.807, 2.05) is 6.07 Å². The molecule has 116 valence electrons. The maximum Gasteiger partial charge on any atom is 0.262 e. The fourth-order valence-corrected chi connectivity index (χ4v) is 2.75. The second-order valence-corrected chi connectivity index (χ2v) is 7.53. The fraction of sp³-hybridized carbons (Fsp3) is 0.133. The van der Waals surface area contributed by atoms with Crippen LogP contribution < -0.4 is 10.1 Å². The Morgan fingerprint density at radius 1 is 1.18 bits per heavy atom. The van der Waals surface area contributed by atoms with Crippen LogP contribution in [0.3, 0.4) is 0 Å². The molecule has 0 saturated carbocycles. The van der Waals surface area contributed by atoms with Gasteiger partial charge in [-0.2, -0.15) is 0 Å². The van der Waals surface area contributed by atoms with Crippen molar-refractivity contribution < 1.29 is 17.9 Å². The largest absolute Gasteiger partial charge is 0.484 e. The smallest absolute Gasteiger partial charge is 0.262 e. The molecule has 0 aromatic heterocycles. The first-order valence-corrected chi connectivity index (χ1v) is 9.01. The summed E-state index contributed by atoms with van der Waals surface area (Å²) in [5, 5.41) is 2.60. The van der Waals surface area contributed by atoms with Crippen LogP contribution in [0, 0.1) is 0 Å². The molecule has 1 N–H and O–H groups in total. The second kappa shape index (κ2) is 6.93. The summed E-state index contributed by atoms with van der Waals surface area (Å²) < 4.78 is 29.2. The first-order chi connectivity index (χ1) is 10.3. The van der Waals surface area contributed by atoms with E-state index in [0.29, 0.717) is 11.4 Å². The highest BCUT2D eigenvalue weighted by atomic mass is 79.9. The van der Waals surface area contributed by atoms with E-state index in [0.717, 1.165) is 10.7 Å². The maximum atomic E-state index is 11.8. The molecular formula is C15H14BrNO4S. The molecule has 0 saturated heterocycles. The Labute approximate surface area is 137 Å². The zero-order valence-electron chi connectivity index (χ0n) is 11.7. The van der Waals surface area contributed by atoms with Crippen LogP contribution in [0.4, 0.5) is 5.69 Å². The van der Waals surface area contributed by atoms with Crippen LogP contribution in [0.5, 0.6) is 5.75 Å². The molecule has 0 aliphatic rings. The van der Waals surface area contributed by atoms with Crippen LogP contribution in [0.15, 0.2) is 57.9 Å². The lowest BCUT2D eigenvalue weighted by molar-refractivity contribution is -0.118. The van der Waals surface area contributed by atoms with E-state index < -0.39 is 9.84 Å². The van der Waals surface area contributed by atoms with E-state index in [1.165, 1.54) is 12.1 Å². The van der Waals surface area contributed by atoms with Crippen LogP contribution in [-0.4, -0.2) is 27.2 Å². The average Bonchev–Trinajstić information content (AvgIpc) is 2.45. The highest BCUT2D eigenvalue weighted by Gasteiger charge is 2.09. The number of rotatable bonds is 5. The lowest BCUT2D eigenvalue weighted by Gasteiger charge is -2.08. The molecular weight excluding hydrogens is 370 g/mol. The summed E-state index contributed by atoms with van der Waals surface area (Å²) in [6.45, 7) is -0.167. The quantitative estimate of drug-likeness (QED) is 0.861. The minimum absolute atomic E-state index is 0.151. The van der Waals surface area contributed by atoms with Gasteiger partial charge in [0.2, 0.25) is 0 Å². The molecule has 0 spiro atoms. The lowest BCUT2D eigenvalue weighted by Crippen LogP contribution is -2.20. The SMILES string of the molecule is CS(=O)(=O)c1cccc(NC(=O)COc2cccc(Br)c2)c1. The van der Waals surface area contributed by atoms with Crippen LogP contribution in [0.1, 0.15) is 0 Å². The Bertz CT molecular complexity index is 790. The van der Waals surface area contributed by atoms with Crippen molar-refractivity contribution in [1.29, 1.82) is 0 Å². The number of carbonyl (C=O) groups excluding carboxylic acids is 1. The van der Waals surface area contributed by atoms with E-state index in [4.69, 9.17) is 4.74 Å². The van der Waals surface area contributed by atoms with Gasteiger partial charge in [-0.25, -0.2) is 8.42 Å². The molecule has 2 aromatic carbocycles. The molecule has 0 unspecified atom stereocenters. The summed E-state index contributed by atoms with van der Waals surface area (Å²) in [6.07, 6.45) is 1.12. The summed E-state index contributed by atoms with van der Waals surface area (Å²) in [7, 11) is -3.31. The molecule has 2 aromatic rings. The van der Waals surface area contributed by atoms with E-state index in [1.54, 1.807) is 30.3 Å². The average molecular weight is 384 g/mol. The Kier molecular flexibility index (Phi) is 5.20. The van der Waals surface area contributed by atoms with Crippen molar-refractivity contribution in [2.75, 3.05) is 18.2 Å². The topological polar surface area (TPSA) is 72.5 Å². The molecule has 5 nitrogen and oxygen atoms in total. The van der Waals surface area contributed by atoms with Gasteiger partial charge in [-0.1, -0.05) is 28.1 Å². The van der Waals surface area contributed by atoms with Gasteiger partial charge < -0.3 is 10.1 Å². The highest BCUT2D eigenvalue weighted by molar-refractivity contribution is 9.10. The molecule has 0 radical (unpaired) electrons. The Morgan fingerprint density at radius 2 is 1.91 bits per heavy atom. The third kappa shape index (κ3) is 4.85. The van der Waals surface area contributed by atoms with Crippen LogP contribution >= 0.6 is 15.9 Å². The van der Waals surface area contributed by atoms with E-state index in [9.17, 15) is 13.2 Å². The number of ether oxygens (including phenoxy) is 1. The Balaban J connectivity index is 1.98. The van der Waals surface area contributed by atoms with Crippen LogP contribution in [0.25, 0.3) is 0 Å². The highest BCUT2D eigenvalue weighted by Crippen LogP contribution is 2.18. The van der Waals surface area contributed by atoms with Crippen molar-refractivity contribution in [2.24, 2.45) is 0 Å². The predicted molar refractivity (Wildman–Crippen MR) is 87.8 cm³/mol. The van der Waals surface area contributed by atoms with Gasteiger partial charge in [0.15, 0.2) is 16.4 Å². The number of hydrogen-bond donors (Lipinski definition) is 1. The minimum Gasteiger partial charge on any atom is -0.484 e. The van der Waals surface area contributed by atoms with Gasteiger partial charge >= 0.3 is 0 Å². The van der Waals surface area contributed by atoms with E-state index in [2.05, 4.69) is 21.2 Å². The van der Waals surface area contributed by atoms with Gasteiger partial charge in [0, 0.05) is 16.4 Å². The van der Waals surface area contributed by atoms with Crippen molar-refractivity contribution in [3.63, 3.8) is 0 Å². The van der Waals surface area contributed by atoms with Gasteiger partial charge in [-0.15, -0.1) is 0 Å². The van der Waals surface area contributed by atoms with Crippen molar-refractivity contribution in [2.45, 2.75) is 4.90 Å². The van der Waals surface area contributed by atoms with Gasteiger partial charge in [0.25, 0.3) is 5.91 Å². The monoisotopic (exact) mass is 383 g/mol. The Hall–Kier alpha value is -1.86. The molecule has 22 heavy (non-hydrogen) atoms. The van der Waals surface area contributed by atoms with Crippen LogP contribution in [0.2, 0.25) is 0 Å². The number of hydrogen-bond acceptors (Lipinski definition) is 4. The van der Waals surface area contributed by atoms with Gasteiger partial charge in [0.05, 0.1) is 4.90 Å². The lowest BCUT2D eigenvalue weighted by atomic mass is 10.3. The first kappa shape index (κ1) is 16.5. The number of benzene rings is 2. The standard InChI is InChI=1S/C15H14BrNO4S/c1-22(19,20)14-7-3-5-12(9-14)17-15(18)10-21-13-6-2-4-11(16)8-13/h2-9H,10H2,1H3,(H,17,18). The number of amides is 1. The molecule has 0 aliphatic heterocycles. The van der Waals surface area contributed by atoms with Crippen molar-refractivity contribution in [3.8, 4) is 5.75 Å². The third-order valence-electron chi connectivity index (χ3n) is 2.71. The maximum absolute atomic E-state index is 11.8. The second-order valence-electron chi connectivity index (χ2n) is 4.59. The zero-order chi connectivity index (χ0) is 16.2. The number of nitrogens with one attached hydrogen (secondary N) is 1. The summed E-state index contributed by atoms with van der Waals surface area (Å²) in [6, 6.07) is 13.2. The molecule has 0 bridgehead atoms. The molecule has 7 heteroatoms. The zero-order valence-corrected chi connectivity index (χ0v) is 14.1. The molecule has 1 amide bonds. The molecule has 0 heterocycles. The van der Waals surface area contributed by atoms with Gasteiger partial charge in [0.1, 0.15) is 5.75 Å². The molecule has 2 rings (SSSR count). The first-order valence-electron chi connectivity index (χ1n) is 6.33. The fourth-order valence-electron chi connectivity index (χ4n) is 1.71. The van der Waals surface area contributed by atoms with Crippen molar-refractivity contribution in [3.05, 3.63) is 53.0 Å². The number of halogens is 1. The van der Waals surface area contributed by atoms with E-state index >= 15 is 0 Å². The Morgan fingerprint density at radius 3 is 2.59 bits per heavy atom. The number of anilines is 1.